The van der Waals surface area contributed by atoms with Crippen LogP contribution in [0.15, 0.2) is 24.4 Å². The average Bonchev–Trinajstić information content (AvgIpc) is 2.98. The van der Waals surface area contributed by atoms with Gasteiger partial charge in [-0.1, -0.05) is 26.3 Å². The minimum atomic E-state index is 0.149. The standard InChI is InChI=1S/C17H24N4O/c1-3-6-13(2)17(22)20-11-8-14(9-12-20)16-19-18-15-7-4-5-10-21(15)16/h4-5,7,10,13-14H,3,6,8-9,11-12H2,1-2H3. The summed E-state index contributed by atoms with van der Waals surface area (Å²) in [5.41, 5.74) is 0.896. The zero-order valence-electron chi connectivity index (χ0n) is 13.4. The van der Waals surface area contributed by atoms with Gasteiger partial charge >= 0.3 is 0 Å². The van der Waals surface area contributed by atoms with Gasteiger partial charge < -0.3 is 4.90 Å². The van der Waals surface area contributed by atoms with Gasteiger partial charge in [-0.3, -0.25) is 9.20 Å². The molecule has 3 heterocycles. The number of pyridine rings is 1. The van der Waals surface area contributed by atoms with Crippen LogP contribution in [0.25, 0.3) is 5.65 Å². The molecule has 1 unspecified atom stereocenters. The number of nitrogens with zero attached hydrogens (tertiary/aromatic N) is 4. The molecule has 0 saturated carbocycles. The highest BCUT2D eigenvalue weighted by atomic mass is 16.2. The Kier molecular flexibility index (Phi) is 4.41. The van der Waals surface area contributed by atoms with Crippen LogP contribution >= 0.6 is 0 Å². The summed E-state index contributed by atoms with van der Waals surface area (Å²) >= 11 is 0. The fraction of sp³-hybridized carbons (Fsp3) is 0.588. The Bertz CT molecular complexity index is 643. The highest BCUT2D eigenvalue weighted by Gasteiger charge is 2.28. The smallest absolute Gasteiger partial charge is 0.225 e. The SMILES string of the molecule is CCCC(C)C(=O)N1CCC(c2nnc3ccccn23)CC1. The van der Waals surface area contributed by atoms with Crippen molar-refractivity contribution in [2.75, 3.05) is 13.1 Å². The molecule has 2 aromatic rings. The molecule has 118 valence electrons. The molecule has 1 atom stereocenters. The van der Waals surface area contributed by atoms with Crippen molar-refractivity contribution in [2.45, 2.75) is 45.4 Å². The summed E-state index contributed by atoms with van der Waals surface area (Å²) in [7, 11) is 0. The fourth-order valence-corrected chi connectivity index (χ4v) is 3.36. The van der Waals surface area contributed by atoms with Gasteiger partial charge in [0.25, 0.3) is 0 Å². The maximum Gasteiger partial charge on any atom is 0.225 e. The Morgan fingerprint density at radius 3 is 2.82 bits per heavy atom. The van der Waals surface area contributed by atoms with Gasteiger partial charge in [0.05, 0.1) is 0 Å². The molecule has 0 N–H and O–H groups in total. The van der Waals surface area contributed by atoms with Crippen molar-refractivity contribution in [1.29, 1.82) is 0 Å². The van der Waals surface area contributed by atoms with Gasteiger partial charge in [-0.25, -0.2) is 0 Å². The fourth-order valence-electron chi connectivity index (χ4n) is 3.36. The molecule has 1 amide bonds. The van der Waals surface area contributed by atoms with Crippen LogP contribution < -0.4 is 0 Å². The van der Waals surface area contributed by atoms with E-state index in [0.717, 1.165) is 50.2 Å². The van der Waals surface area contributed by atoms with Crippen LogP contribution in [-0.2, 0) is 4.79 Å². The predicted molar refractivity (Wildman–Crippen MR) is 85.6 cm³/mol. The number of piperidine rings is 1. The van der Waals surface area contributed by atoms with Crippen molar-refractivity contribution in [3.05, 3.63) is 30.2 Å². The summed E-state index contributed by atoms with van der Waals surface area (Å²) in [4.78, 5) is 14.4. The number of aromatic nitrogens is 3. The minimum absolute atomic E-state index is 0.149. The maximum absolute atomic E-state index is 12.4. The van der Waals surface area contributed by atoms with E-state index in [-0.39, 0.29) is 5.92 Å². The minimum Gasteiger partial charge on any atom is -0.342 e. The summed E-state index contributed by atoms with van der Waals surface area (Å²) in [5.74, 6) is 1.88. The Balaban J connectivity index is 1.66. The molecule has 5 nitrogen and oxygen atoms in total. The normalized spacial score (nSPS) is 17.8. The molecule has 1 fully saturated rings. The molecular formula is C17H24N4O. The largest absolute Gasteiger partial charge is 0.342 e. The van der Waals surface area contributed by atoms with Crippen LogP contribution in [-0.4, -0.2) is 38.5 Å². The lowest BCUT2D eigenvalue weighted by Crippen LogP contribution is -2.41. The molecule has 1 saturated heterocycles. The third-order valence-electron chi connectivity index (χ3n) is 4.66. The molecule has 0 radical (unpaired) electrons. The number of likely N-dealkylation sites (tertiary alicyclic amines) is 1. The topological polar surface area (TPSA) is 50.5 Å². The lowest BCUT2D eigenvalue weighted by molar-refractivity contribution is -0.136. The lowest BCUT2D eigenvalue weighted by atomic mass is 9.94. The number of carbonyl (C=O) groups is 1. The second-order valence-corrected chi connectivity index (χ2v) is 6.28. The second kappa shape index (κ2) is 6.46. The average molecular weight is 300 g/mol. The van der Waals surface area contributed by atoms with Crippen molar-refractivity contribution in [1.82, 2.24) is 19.5 Å². The number of carbonyl (C=O) groups excluding carboxylic acids is 1. The highest BCUT2D eigenvalue weighted by Crippen LogP contribution is 2.28. The van der Waals surface area contributed by atoms with Gasteiger partial charge in [-0.05, 0) is 31.4 Å². The van der Waals surface area contributed by atoms with E-state index in [0.29, 0.717) is 11.8 Å². The predicted octanol–water partition coefficient (Wildman–Crippen LogP) is 2.87. The van der Waals surface area contributed by atoms with Gasteiger partial charge in [-0.15, -0.1) is 10.2 Å². The number of hydrogen-bond acceptors (Lipinski definition) is 3. The summed E-state index contributed by atoms with van der Waals surface area (Å²) in [6.07, 6.45) is 6.01. The molecule has 3 rings (SSSR count). The van der Waals surface area contributed by atoms with E-state index in [9.17, 15) is 4.79 Å². The first-order valence-corrected chi connectivity index (χ1v) is 8.29. The Morgan fingerprint density at radius 2 is 2.09 bits per heavy atom. The highest BCUT2D eigenvalue weighted by molar-refractivity contribution is 5.78. The first-order chi connectivity index (χ1) is 10.7. The van der Waals surface area contributed by atoms with Crippen molar-refractivity contribution in [2.24, 2.45) is 5.92 Å². The van der Waals surface area contributed by atoms with Crippen LogP contribution in [0.4, 0.5) is 0 Å². The third kappa shape index (κ3) is 2.85. The monoisotopic (exact) mass is 300 g/mol. The number of fused-ring (bicyclic) bond motifs is 1. The molecule has 1 aliphatic rings. The van der Waals surface area contributed by atoms with Gasteiger partial charge in [0.15, 0.2) is 5.65 Å². The summed E-state index contributed by atoms with van der Waals surface area (Å²) in [6, 6.07) is 5.96. The molecule has 0 aliphatic carbocycles. The first kappa shape index (κ1) is 15.0. The third-order valence-corrected chi connectivity index (χ3v) is 4.66. The number of rotatable bonds is 4. The van der Waals surface area contributed by atoms with E-state index in [4.69, 9.17) is 0 Å². The lowest BCUT2D eigenvalue weighted by Gasteiger charge is -2.33. The molecular weight excluding hydrogens is 276 g/mol. The Morgan fingerprint density at radius 1 is 1.32 bits per heavy atom. The van der Waals surface area contributed by atoms with Crippen molar-refractivity contribution in [3.63, 3.8) is 0 Å². The van der Waals surface area contributed by atoms with Crippen molar-refractivity contribution >= 4 is 11.6 Å². The molecule has 5 heteroatoms. The summed E-state index contributed by atoms with van der Waals surface area (Å²) in [6.45, 7) is 5.84. The molecule has 0 spiro atoms. The Hall–Kier alpha value is -1.91. The molecule has 22 heavy (non-hydrogen) atoms. The summed E-state index contributed by atoms with van der Waals surface area (Å²) in [5, 5.41) is 8.60. The molecule has 0 aromatic carbocycles. The first-order valence-electron chi connectivity index (χ1n) is 8.29. The van der Waals surface area contributed by atoms with Crippen LogP contribution in [0.3, 0.4) is 0 Å². The molecule has 2 aromatic heterocycles. The number of hydrogen-bond donors (Lipinski definition) is 0. The molecule has 1 aliphatic heterocycles. The van der Waals surface area contributed by atoms with E-state index < -0.39 is 0 Å². The van der Waals surface area contributed by atoms with Gasteiger partial charge in [0.1, 0.15) is 5.82 Å². The van der Waals surface area contributed by atoms with Gasteiger partial charge in [-0.2, -0.15) is 0 Å². The van der Waals surface area contributed by atoms with E-state index >= 15 is 0 Å². The second-order valence-electron chi connectivity index (χ2n) is 6.28. The Labute approximate surface area is 131 Å². The van der Waals surface area contributed by atoms with Crippen LogP contribution in [0.1, 0.15) is 51.3 Å². The maximum atomic E-state index is 12.4. The number of amides is 1. The zero-order chi connectivity index (χ0) is 15.5. The van der Waals surface area contributed by atoms with Crippen molar-refractivity contribution in [3.8, 4) is 0 Å². The van der Waals surface area contributed by atoms with E-state index in [1.807, 2.05) is 36.2 Å². The van der Waals surface area contributed by atoms with Crippen LogP contribution in [0.2, 0.25) is 0 Å². The van der Waals surface area contributed by atoms with Gasteiger partial charge in [0.2, 0.25) is 5.91 Å². The zero-order valence-corrected chi connectivity index (χ0v) is 13.4. The van der Waals surface area contributed by atoms with E-state index in [1.165, 1.54) is 0 Å². The molecule has 0 bridgehead atoms. The van der Waals surface area contributed by atoms with E-state index in [1.54, 1.807) is 0 Å². The van der Waals surface area contributed by atoms with Crippen LogP contribution in [0, 0.1) is 5.92 Å². The van der Waals surface area contributed by atoms with Gasteiger partial charge in [0, 0.05) is 31.1 Å². The van der Waals surface area contributed by atoms with Crippen molar-refractivity contribution < 1.29 is 4.79 Å². The quantitative estimate of drug-likeness (QED) is 0.872. The summed E-state index contributed by atoms with van der Waals surface area (Å²) < 4.78 is 2.07. The van der Waals surface area contributed by atoms with Crippen LogP contribution in [0.5, 0.6) is 0 Å². The van der Waals surface area contributed by atoms with E-state index in [2.05, 4.69) is 21.5 Å².